The minimum Gasteiger partial charge on any atom is -0.496 e. The molecular weight excluding hydrogens is 647 g/mol. The van der Waals surface area contributed by atoms with E-state index in [1.54, 1.807) is 19.2 Å². The van der Waals surface area contributed by atoms with E-state index in [-0.39, 0.29) is 23.4 Å². The van der Waals surface area contributed by atoms with Crippen LogP contribution in [0.5, 0.6) is 5.75 Å². The molecular formula is C39H49FN8O3. The minimum atomic E-state index is -0.752. The predicted molar refractivity (Wildman–Crippen MR) is 196 cm³/mol. The molecule has 8 rings (SSSR count). The summed E-state index contributed by atoms with van der Waals surface area (Å²) in [5, 5.41) is 13.3. The lowest BCUT2D eigenvalue weighted by molar-refractivity contribution is -0.0419. The highest BCUT2D eigenvalue weighted by Gasteiger charge is 2.44. The summed E-state index contributed by atoms with van der Waals surface area (Å²) in [5.74, 6) is -0.568. The van der Waals surface area contributed by atoms with E-state index >= 15 is 4.39 Å². The van der Waals surface area contributed by atoms with Gasteiger partial charge >= 0.3 is 0 Å². The van der Waals surface area contributed by atoms with Crippen molar-refractivity contribution >= 4 is 28.6 Å². The highest BCUT2D eigenvalue weighted by molar-refractivity contribution is 6.05. The Kier molecular flexibility index (Phi) is 9.18. The topological polar surface area (TPSA) is 112 Å². The molecule has 2 N–H and O–H groups in total. The molecule has 4 fully saturated rings. The van der Waals surface area contributed by atoms with E-state index in [9.17, 15) is 9.90 Å². The van der Waals surface area contributed by atoms with Crippen LogP contribution < -0.4 is 15.0 Å². The van der Waals surface area contributed by atoms with Gasteiger partial charge in [-0.25, -0.2) is 14.4 Å². The number of halogens is 1. The summed E-state index contributed by atoms with van der Waals surface area (Å²) in [5.41, 5.74) is 4.15. The van der Waals surface area contributed by atoms with Crippen LogP contribution in [0.2, 0.25) is 0 Å². The second-order valence-corrected chi connectivity index (χ2v) is 15.4. The van der Waals surface area contributed by atoms with Gasteiger partial charge in [0.25, 0.3) is 5.91 Å². The Morgan fingerprint density at radius 1 is 0.980 bits per heavy atom. The maximum atomic E-state index is 16.1. The number of pyridine rings is 2. The smallest absolute Gasteiger partial charge is 0.261 e. The number of carbonyl (C=O) groups is 1. The zero-order chi connectivity index (χ0) is 35.3. The van der Waals surface area contributed by atoms with Crippen LogP contribution in [-0.4, -0.2) is 106 Å². The van der Waals surface area contributed by atoms with Gasteiger partial charge in [-0.05, 0) is 114 Å². The van der Waals surface area contributed by atoms with Crippen LogP contribution in [0, 0.1) is 18.2 Å². The molecule has 4 aromatic rings. The molecule has 1 spiro atoms. The lowest BCUT2D eigenvalue weighted by Crippen LogP contribution is -2.60. The number of nitrogens with zero attached hydrogens (tertiary/aromatic N) is 7. The Morgan fingerprint density at radius 2 is 1.73 bits per heavy atom. The predicted octanol–water partition coefficient (Wildman–Crippen LogP) is 5.67. The summed E-state index contributed by atoms with van der Waals surface area (Å²) in [6.45, 7) is 8.68. The number of methoxy groups -OCH3 is 1. The third-order valence-electron chi connectivity index (χ3n) is 11.9. The molecule has 0 bridgehead atoms. The summed E-state index contributed by atoms with van der Waals surface area (Å²) in [4.78, 5) is 35.0. The summed E-state index contributed by atoms with van der Waals surface area (Å²) in [7, 11) is 3.73. The quantitative estimate of drug-likeness (QED) is 0.252. The first-order valence-electron chi connectivity index (χ1n) is 18.5. The number of likely N-dealkylation sites (tertiary alicyclic amines) is 2. The normalized spacial score (nSPS) is 23.0. The van der Waals surface area contributed by atoms with Crippen molar-refractivity contribution < 1.29 is 19.0 Å². The van der Waals surface area contributed by atoms with Gasteiger partial charge in [-0.2, -0.15) is 0 Å². The Bertz CT molecular complexity index is 1900. The molecule has 1 saturated carbocycles. The van der Waals surface area contributed by atoms with E-state index in [1.165, 1.54) is 58.4 Å². The standard InChI is InChI=1S/C39H49FN8O3/c1-25-20-30(35(40)36(42-25)31-22-41-15-10-34(31)51-3)37(50)44-38-43-32-9-6-28(21-33(32)48(38)27-4-7-29(49)8-5-27)46-16-11-26(12-17-46)47-18-13-39(14-19-47)23-45(2)24-39/h6,9-10,15,20-22,26-27,29,49H,4-5,7-8,11-14,16-19,23-24H2,1-3H3,(H,43,44,50)/t27-,29+. The maximum absolute atomic E-state index is 16.1. The average molecular weight is 697 g/mol. The highest BCUT2D eigenvalue weighted by atomic mass is 19.1. The second kappa shape index (κ2) is 13.8. The lowest BCUT2D eigenvalue weighted by Gasteiger charge is -2.54. The minimum absolute atomic E-state index is 0.00341. The number of amides is 1. The molecule has 6 heterocycles. The van der Waals surface area contributed by atoms with E-state index in [4.69, 9.17) is 9.72 Å². The third-order valence-corrected chi connectivity index (χ3v) is 11.9. The van der Waals surface area contributed by atoms with Crippen LogP contribution in [0.3, 0.4) is 0 Å². The van der Waals surface area contributed by atoms with Gasteiger partial charge in [0.1, 0.15) is 11.4 Å². The second-order valence-electron chi connectivity index (χ2n) is 15.4. The molecule has 1 aliphatic carbocycles. The van der Waals surface area contributed by atoms with E-state index in [1.807, 2.05) is 6.07 Å². The van der Waals surface area contributed by atoms with Gasteiger partial charge < -0.3 is 29.1 Å². The molecule has 0 radical (unpaired) electrons. The van der Waals surface area contributed by atoms with Gasteiger partial charge in [-0.3, -0.25) is 15.1 Å². The number of benzene rings is 1. The molecule has 3 saturated heterocycles. The molecule has 4 aliphatic rings. The number of aliphatic hydroxyl groups excluding tert-OH is 1. The molecule has 51 heavy (non-hydrogen) atoms. The molecule has 1 aromatic carbocycles. The van der Waals surface area contributed by atoms with E-state index in [0.717, 1.165) is 55.5 Å². The van der Waals surface area contributed by atoms with Crippen molar-refractivity contribution in [1.82, 2.24) is 29.3 Å². The molecule has 270 valence electrons. The van der Waals surface area contributed by atoms with Crippen LogP contribution in [-0.2, 0) is 0 Å². The number of ether oxygens (including phenoxy) is 1. The number of imidazole rings is 1. The lowest BCUT2D eigenvalue weighted by atomic mass is 9.72. The molecule has 3 aliphatic heterocycles. The molecule has 12 heteroatoms. The van der Waals surface area contributed by atoms with Gasteiger partial charge in [0, 0.05) is 62.0 Å². The van der Waals surface area contributed by atoms with Gasteiger partial charge in [-0.1, -0.05) is 0 Å². The number of rotatable bonds is 7. The Hall–Kier alpha value is -4.13. The van der Waals surface area contributed by atoms with Gasteiger partial charge in [0.2, 0.25) is 5.95 Å². The fourth-order valence-electron chi connectivity index (χ4n) is 9.23. The first kappa shape index (κ1) is 34.0. The fourth-order valence-corrected chi connectivity index (χ4v) is 9.23. The Balaban J connectivity index is 1.04. The largest absolute Gasteiger partial charge is 0.496 e. The van der Waals surface area contributed by atoms with Crippen molar-refractivity contribution in [2.24, 2.45) is 5.41 Å². The summed E-state index contributed by atoms with van der Waals surface area (Å²) in [6, 6.07) is 10.1. The van der Waals surface area contributed by atoms with Gasteiger partial charge in [0.15, 0.2) is 5.82 Å². The number of fused-ring (bicyclic) bond motifs is 1. The van der Waals surface area contributed by atoms with Crippen molar-refractivity contribution in [3.8, 4) is 17.0 Å². The van der Waals surface area contributed by atoms with Crippen LogP contribution in [0.25, 0.3) is 22.3 Å². The zero-order valence-electron chi connectivity index (χ0n) is 29.9. The Morgan fingerprint density at radius 3 is 2.43 bits per heavy atom. The summed E-state index contributed by atoms with van der Waals surface area (Å²) >= 11 is 0. The van der Waals surface area contributed by atoms with E-state index < -0.39 is 11.7 Å². The van der Waals surface area contributed by atoms with Gasteiger partial charge in [-0.15, -0.1) is 0 Å². The van der Waals surface area contributed by atoms with Crippen molar-refractivity contribution in [2.75, 3.05) is 63.6 Å². The van der Waals surface area contributed by atoms with Gasteiger partial charge in [0.05, 0.1) is 35.4 Å². The molecule has 3 aromatic heterocycles. The van der Waals surface area contributed by atoms with E-state index in [0.29, 0.717) is 47.3 Å². The fraction of sp³-hybridized carbons (Fsp3) is 0.538. The maximum Gasteiger partial charge on any atom is 0.261 e. The van der Waals surface area contributed by atoms with Crippen molar-refractivity contribution in [1.29, 1.82) is 0 Å². The highest BCUT2D eigenvalue weighted by Crippen LogP contribution is 2.41. The first-order chi connectivity index (χ1) is 24.7. The zero-order valence-corrected chi connectivity index (χ0v) is 29.9. The van der Waals surface area contributed by atoms with Crippen LogP contribution >= 0.6 is 0 Å². The van der Waals surface area contributed by atoms with Crippen LogP contribution in [0.15, 0.2) is 42.7 Å². The number of aromatic nitrogens is 4. The monoisotopic (exact) mass is 696 g/mol. The number of aliphatic hydroxyl groups is 1. The third kappa shape index (κ3) is 6.58. The van der Waals surface area contributed by atoms with E-state index in [2.05, 4.69) is 53.7 Å². The number of aryl methyl sites for hydroxylation is 1. The Labute approximate surface area is 298 Å². The van der Waals surface area contributed by atoms with Crippen molar-refractivity contribution in [3.05, 3.63) is 59.8 Å². The number of piperidine rings is 2. The number of anilines is 2. The van der Waals surface area contributed by atoms with Crippen LogP contribution in [0.4, 0.5) is 16.0 Å². The number of hydrogen-bond acceptors (Lipinski definition) is 9. The number of nitrogens with one attached hydrogen (secondary N) is 1. The van der Waals surface area contributed by atoms with Crippen LogP contribution in [0.1, 0.15) is 73.5 Å². The number of hydrogen-bond donors (Lipinski definition) is 2. The summed E-state index contributed by atoms with van der Waals surface area (Å²) in [6.07, 6.45) is 10.5. The SMILES string of the molecule is COc1ccncc1-c1nc(C)cc(C(=O)Nc2nc3ccc(N4CCC(N5CCC6(CC5)CN(C)C6)CC4)cc3n2[C@H]2CC[C@@H](O)CC2)c1F. The van der Waals surface area contributed by atoms with Crippen molar-refractivity contribution in [2.45, 2.75) is 76.5 Å². The number of carbonyl (C=O) groups excluding carboxylic acids is 1. The molecule has 11 nitrogen and oxygen atoms in total. The molecule has 0 atom stereocenters. The average Bonchev–Trinajstić information content (AvgIpc) is 3.49. The summed E-state index contributed by atoms with van der Waals surface area (Å²) < 4.78 is 23.6. The molecule has 0 unspecified atom stereocenters. The van der Waals surface area contributed by atoms with Crippen molar-refractivity contribution in [3.63, 3.8) is 0 Å². The molecule has 1 amide bonds. The first-order valence-corrected chi connectivity index (χ1v) is 18.5.